The van der Waals surface area contributed by atoms with Crippen LogP contribution >= 0.6 is 23.2 Å². The van der Waals surface area contributed by atoms with Crippen molar-refractivity contribution in [3.05, 3.63) is 58.1 Å². The third kappa shape index (κ3) is 4.94. The zero-order valence-corrected chi connectivity index (χ0v) is 15.8. The normalized spacial score (nSPS) is 12.3. The summed E-state index contributed by atoms with van der Waals surface area (Å²) in [5.41, 5.74) is 0.915. The number of hydrogen-bond donors (Lipinski definition) is 1. The van der Waals surface area contributed by atoms with Gasteiger partial charge in [-0.15, -0.1) is 0 Å². The molecule has 0 spiro atoms. The predicted molar refractivity (Wildman–Crippen MR) is 94.9 cm³/mol. The van der Waals surface area contributed by atoms with E-state index in [0.29, 0.717) is 11.4 Å². The van der Waals surface area contributed by atoms with Gasteiger partial charge >= 0.3 is 0 Å². The predicted octanol–water partition coefficient (Wildman–Crippen LogP) is 2.92. The molecule has 0 aromatic heterocycles. The monoisotopic (exact) mass is 407 g/mol. The van der Waals surface area contributed by atoms with Crippen molar-refractivity contribution in [1.29, 1.82) is 0 Å². The quantitative estimate of drug-likeness (QED) is 0.797. The van der Waals surface area contributed by atoms with Crippen LogP contribution in [0.25, 0.3) is 0 Å². The molecule has 0 saturated heterocycles. The van der Waals surface area contributed by atoms with Gasteiger partial charge in [-0.3, -0.25) is 0 Å². The Kier molecular flexibility index (Phi) is 5.93. The van der Waals surface area contributed by atoms with Crippen molar-refractivity contribution in [2.45, 2.75) is 16.2 Å². The number of halogens is 2. The van der Waals surface area contributed by atoms with Gasteiger partial charge in [0.05, 0.1) is 9.92 Å². The molecule has 0 heterocycles. The first-order valence-electron chi connectivity index (χ1n) is 6.83. The average molecular weight is 408 g/mol. The first kappa shape index (κ1) is 19.2. The SMILES string of the molecule is CS(=O)(=O)c1ccc(Cl)c(S(=O)(=O)NCCc2ccc(Cl)cc2)c1. The standard InChI is InChI=1S/C15H15Cl2NO4S2/c1-23(19,20)13-6-7-14(17)15(10-13)24(21,22)18-9-8-11-2-4-12(16)5-3-11/h2-7,10,18H,8-9H2,1H3. The lowest BCUT2D eigenvalue weighted by molar-refractivity contribution is 0.581. The van der Waals surface area contributed by atoms with Crippen molar-refractivity contribution >= 4 is 43.1 Å². The number of sulfone groups is 1. The van der Waals surface area contributed by atoms with Gasteiger partial charge in [-0.1, -0.05) is 35.3 Å². The molecular formula is C15H15Cl2NO4S2. The number of benzene rings is 2. The molecule has 0 radical (unpaired) electrons. The van der Waals surface area contributed by atoms with Gasteiger partial charge in [-0.25, -0.2) is 21.6 Å². The maximum absolute atomic E-state index is 12.4. The second kappa shape index (κ2) is 7.41. The third-order valence-corrected chi connectivity index (χ3v) is 6.54. The van der Waals surface area contributed by atoms with Crippen LogP contribution in [-0.2, 0) is 26.3 Å². The Hall–Kier alpha value is -1.12. The molecule has 0 amide bonds. The van der Waals surface area contributed by atoms with Crippen LogP contribution in [0, 0.1) is 0 Å². The Balaban J connectivity index is 2.17. The highest BCUT2D eigenvalue weighted by molar-refractivity contribution is 7.91. The molecule has 0 atom stereocenters. The van der Waals surface area contributed by atoms with Crippen LogP contribution in [0.3, 0.4) is 0 Å². The maximum atomic E-state index is 12.4. The highest BCUT2D eigenvalue weighted by atomic mass is 35.5. The lowest BCUT2D eigenvalue weighted by Gasteiger charge is -2.10. The molecule has 24 heavy (non-hydrogen) atoms. The zero-order chi connectivity index (χ0) is 18.0. The van der Waals surface area contributed by atoms with Gasteiger partial charge in [-0.05, 0) is 42.3 Å². The van der Waals surface area contributed by atoms with Gasteiger partial charge in [0.25, 0.3) is 0 Å². The topological polar surface area (TPSA) is 80.3 Å². The number of rotatable bonds is 6. The molecule has 0 aliphatic rings. The minimum atomic E-state index is -3.92. The zero-order valence-electron chi connectivity index (χ0n) is 12.7. The lowest BCUT2D eigenvalue weighted by atomic mass is 10.2. The summed E-state index contributed by atoms with van der Waals surface area (Å²) in [6.07, 6.45) is 1.46. The molecule has 2 rings (SSSR count). The smallest absolute Gasteiger partial charge is 0.224 e. The van der Waals surface area contributed by atoms with Crippen molar-refractivity contribution in [3.8, 4) is 0 Å². The summed E-state index contributed by atoms with van der Waals surface area (Å²) in [5, 5.41) is 0.560. The number of nitrogens with one attached hydrogen (secondary N) is 1. The van der Waals surface area contributed by atoms with E-state index >= 15 is 0 Å². The second-order valence-electron chi connectivity index (χ2n) is 5.14. The molecule has 0 unspecified atom stereocenters. The highest BCUT2D eigenvalue weighted by Crippen LogP contribution is 2.24. The summed E-state index contributed by atoms with van der Waals surface area (Å²) in [4.78, 5) is -0.367. The van der Waals surface area contributed by atoms with Gasteiger partial charge in [0.1, 0.15) is 4.90 Å². The Morgan fingerprint density at radius 2 is 1.58 bits per heavy atom. The molecule has 0 fully saturated rings. The Bertz CT molecular complexity index is 940. The summed E-state index contributed by atoms with van der Waals surface area (Å²) < 4.78 is 50.3. The molecule has 2 aromatic carbocycles. The molecule has 5 nitrogen and oxygen atoms in total. The van der Waals surface area contributed by atoms with Gasteiger partial charge in [-0.2, -0.15) is 0 Å². The fourth-order valence-corrected chi connectivity index (χ4v) is 4.38. The van der Waals surface area contributed by atoms with E-state index in [2.05, 4.69) is 4.72 Å². The van der Waals surface area contributed by atoms with Crippen molar-refractivity contribution in [2.24, 2.45) is 0 Å². The summed E-state index contributed by atoms with van der Waals surface area (Å²) in [5.74, 6) is 0. The van der Waals surface area contributed by atoms with E-state index in [4.69, 9.17) is 23.2 Å². The van der Waals surface area contributed by atoms with Crippen molar-refractivity contribution in [1.82, 2.24) is 4.72 Å². The first-order valence-corrected chi connectivity index (χ1v) is 11.0. The minimum Gasteiger partial charge on any atom is -0.224 e. The minimum absolute atomic E-state index is 0.0404. The van der Waals surface area contributed by atoms with Crippen molar-refractivity contribution in [2.75, 3.05) is 12.8 Å². The van der Waals surface area contributed by atoms with Crippen LogP contribution in [0.2, 0.25) is 10.0 Å². The number of hydrogen-bond acceptors (Lipinski definition) is 4. The van der Waals surface area contributed by atoms with E-state index < -0.39 is 19.9 Å². The van der Waals surface area contributed by atoms with Crippen LogP contribution in [0.4, 0.5) is 0 Å². The molecule has 9 heteroatoms. The van der Waals surface area contributed by atoms with E-state index in [-0.39, 0.29) is 21.4 Å². The van der Waals surface area contributed by atoms with Crippen LogP contribution in [-0.4, -0.2) is 29.6 Å². The molecule has 0 aliphatic carbocycles. The average Bonchev–Trinajstić information content (AvgIpc) is 2.48. The van der Waals surface area contributed by atoms with Crippen LogP contribution in [0.5, 0.6) is 0 Å². The van der Waals surface area contributed by atoms with E-state index in [1.165, 1.54) is 12.1 Å². The third-order valence-electron chi connectivity index (χ3n) is 3.24. The molecule has 0 bridgehead atoms. The lowest BCUT2D eigenvalue weighted by Crippen LogP contribution is -2.26. The van der Waals surface area contributed by atoms with Gasteiger partial charge in [0, 0.05) is 17.8 Å². The fraction of sp³-hybridized carbons (Fsp3) is 0.200. The van der Waals surface area contributed by atoms with E-state index in [1.54, 1.807) is 24.3 Å². The van der Waals surface area contributed by atoms with Gasteiger partial charge in [0.2, 0.25) is 10.0 Å². The maximum Gasteiger partial charge on any atom is 0.242 e. The summed E-state index contributed by atoms with van der Waals surface area (Å²) >= 11 is 11.7. The molecule has 2 aromatic rings. The number of sulfonamides is 1. The van der Waals surface area contributed by atoms with E-state index in [9.17, 15) is 16.8 Å². The van der Waals surface area contributed by atoms with E-state index in [1.807, 2.05) is 0 Å². The summed E-state index contributed by atoms with van der Waals surface area (Å²) in [6, 6.07) is 10.6. The van der Waals surface area contributed by atoms with Crippen LogP contribution < -0.4 is 4.72 Å². The Morgan fingerprint density at radius 3 is 2.17 bits per heavy atom. The van der Waals surface area contributed by atoms with E-state index in [0.717, 1.165) is 17.9 Å². The Morgan fingerprint density at radius 1 is 0.958 bits per heavy atom. The first-order chi connectivity index (χ1) is 11.1. The molecule has 130 valence electrons. The second-order valence-corrected chi connectivity index (χ2v) is 9.73. The molecule has 1 N–H and O–H groups in total. The molecule has 0 aliphatic heterocycles. The van der Waals surface area contributed by atoms with Gasteiger partial charge in [0.15, 0.2) is 9.84 Å². The van der Waals surface area contributed by atoms with Gasteiger partial charge < -0.3 is 0 Å². The molecule has 0 saturated carbocycles. The molecular weight excluding hydrogens is 393 g/mol. The fourth-order valence-electron chi connectivity index (χ4n) is 1.98. The summed E-state index contributed by atoms with van der Waals surface area (Å²) in [6.45, 7) is 0.142. The largest absolute Gasteiger partial charge is 0.242 e. The highest BCUT2D eigenvalue weighted by Gasteiger charge is 2.20. The van der Waals surface area contributed by atoms with Crippen LogP contribution in [0.15, 0.2) is 52.3 Å². The van der Waals surface area contributed by atoms with Crippen LogP contribution in [0.1, 0.15) is 5.56 Å². The van der Waals surface area contributed by atoms with Crippen molar-refractivity contribution in [3.63, 3.8) is 0 Å². The summed E-state index contributed by atoms with van der Waals surface area (Å²) in [7, 11) is -7.46. The Labute approximate surface area is 151 Å². The van der Waals surface area contributed by atoms with Crippen molar-refractivity contribution < 1.29 is 16.8 Å².